The van der Waals surface area contributed by atoms with Gasteiger partial charge in [0, 0.05) is 11.3 Å². The molecule has 1 amide bonds. The maximum absolute atomic E-state index is 12.2. The fourth-order valence-corrected chi connectivity index (χ4v) is 2.09. The van der Waals surface area contributed by atoms with Gasteiger partial charge in [-0.25, -0.2) is 0 Å². The zero-order valence-electron chi connectivity index (χ0n) is 13.4. The van der Waals surface area contributed by atoms with Gasteiger partial charge in [0.15, 0.2) is 0 Å². The van der Waals surface area contributed by atoms with Crippen molar-refractivity contribution in [2.75, 3.05) is 5.32 Å². The van der Waals surface area contributed by atoms with Gasteiger partial charge in [-0.05, 0) is 50.2 Å². The van der Waals surface area contributed by atoms with Gasteiger partial charge in [0.25, 0.3) is 0 Å². The summed E-state index contributed by atoms with van der Waals surface area (Å²) in [5, 5.41) is 10.4. The van der Waals surface area contributed by atoms with Crippen molar-refractivity contribution in [1.82, 2.24) is 10.2 Å². The molecule has 1 heterocycles. The molecule has 0 saturated carbocycles. The van der Waals surface area contributed by atoms with Gasteiger partial charge in [-0.1, -0.05) is 18.2 Å². The Morgan fingerprint density at radius 1 is 1.04 bits per heavy atom. The average Bonchev–Trinajstić information content (AvgIpc) is 3.07. The smallest absolute Gasteiger partial charge is 0.313 e. The standard InChI is InChI=1S/C18H17N3O3/c1-12(2)23-15-10-8-14(9-11-15)19-16(22)18-21-20-17(24-18)13-6-4-3-5-7-13/h3-12H,1-2H3,(H,19,22). The molecule has 0 spiro atoms. The number of amides is 1. The van der Waals surface area contributed by atoms with Crippen LogP contribution in [0.1, 0.15) is 24.5 Å². The van der Waals surface area contributed by atoms with Crippen LogP contribution in [0.4, 0.5) is 5.69 Å². The number of hydrogen-bond acceptors (Lipinski definition) is 5. The van der Waals surface area contributed by atoms with Crippen molar-refractivity contribution in [1.29, 1.82) is 0 Å². The van der Waals surface area contributed by atoms with E-state index in [0.717, 1.165) is 11.3 Å². The van der Waals surface area contributed by atoms with E-state index in [1.54, 1.807) is 24.3 Å². The summed E-state index contributed by atoms with van der Waals surface area (Å²) in [4.78, 5) is 12.2. The normalized spacial score (nSPS) is 10.6. The molecule has 1 aromatic heterocycles. The molecular weight excluding hydrogens is 306 g/mol. The Hall–Kier alpha value is -3.15. The highest BCUT2D eigenvalue weighted by Gasteiger charge is 2.16. The van der Waals surface area contributed by atoms with Gasteiger partial charge in [-0.3, -0.25) is 4.79 Å². The minimum absolute atomic E-state index is 0.0867. The molecule has 0 atom stereocenters. The number of carbonyl (C=O) groups excluding carboxylic acids is 1. The Labute approximate surface area is 139 Å². The molecule has 2 aromatic carbocycles. The van der Waals surface area contributed by atoms with Gasteiger partial charge in [0.2, 0.25) is 5.89 Å². The van der Waals surface area contributed by atoms with E-state index in [2.05, 4.69) is 15.5 Å². The maximum Gasteiger partial charge on any atom is 0.313 e. The molecule has 122 valence electrons. The number of ether oxygens (including phenoxy) is 1. The first kappa shape index (κ1) is 15.7. The first-order valence-corrected chi connectivity index (χ1v) is 7.59. The minimum Gasteiger partial charge on any atom is -0.491 e. The van der Waals surface area contributed by atoms with Crippen LogP contribution < -0.4 is 10.1 Å². The van der Waals surface area contributed by atoms with Crippen LogP contribution in [0, 0.1) is 0 Å². The molecule has 0 radical (unpaired) electrons. The maximum atomic E-state index is 12.2. The summed E-state index contributed by atoms with van der Waals surface area (Å²) in [6.45, 7) is 3.91. The highest BCUT2D eigenvalue weighted by Crippen LogP contribution is 2.19. The monoisotopic (exact) mass is 323 g/mol. The number of benzene rings is 2. The molecule has 24 heavy (non-hydrogen) atoms. The highest BCUT2D eigenvalue weighted by molar-refractivity contribution is 6.00. The van der Waals surface area contributed by atoms with Crippen molar-refractivity contribution >= 4 is 11.6 Å². The van der Waals surface area contributed by atoms with E-state index in [4.69, 9.17) is 9.15 Å². The summed E-state index contributed by atoms with van der Waals surface area (Å²) < 4.78 is 11.0. The Morgan fingerprint density at radius 2 is 1.75 bits per heavy atom. The first-order chi connectivity index (χ1) is 11.6. The van der Waals surface area contributed by atoms with Crippen molar-refractivity contribution in [2.24, 2.45) is 0 Å². The molecule has 0 bridgehead atoms. The lowest BCUT2D eigenvalue weighted by Crippen LogP contribution is -2.12. The van der Waals surface area contributed by atoms with Crippen LogP contribution in [0.2, 0.25) is 0 Å². The second-order valence-corrected chi connectivity index (χ2v) is 5.42. The zero-order chi connectivity index (χ0) is 16.9. The largest absolute Gasteiger partial charge is 0.491 e. The number of nitrogens with one attached hydrogen (secondary N) is 1. The fraction of sp³-hybridized carbons (Fsp3) is 0.167. The van der Waals surface area contributed by atoms with E-state index in [9.17, 15) is 4.79 Å². The average molecular weight is 323 g/mol. The molecule has 0 aliphatic carbocycles. The summed E-state index contributed by atoms with van der Waals surface area (Å²) >= 11 is 0. The Balaban J connectivity index is 1.68. The molecule has 0 saturated heterocycles. The summed E-state index contributed by atoms with van der Waals surface area (Å²) in [5.41, 5.74) is 1.38. The lowest BCUT2D eigenvalue weighted by atomic mass is 10.2. The number of hydrogen-bond donors (Lipinski definition) is 1. The predicted molar refractivity (Wildman–Crippen MR) is 89.9 cm³/mol. The number of anilines is 1. The number of nitrogens with zero attached hydrogens (tertiary/aromatic N) is 2. The van der Waals surface area contributed by atoms with Gasteiger partial charge in [-0.15, -0.1) is 10.2 Å². The van der Waals surface area contributed by atoms with Crippen molar-refractivity contribution in [3.8, 4) is 17.2 Å². The summed E-state index contributed by atoms with van der Waals surface area (Å²) in [7, 11) is 0. The predicted octanol–water partition coefficient (Wildman–Crippen LogP) is 3.78. The van der Waals surface area contributed by atoms with Crippen LogP contribution in [-0.2, 0) is 0 Å². The third-order valence-corrected chi connectivity index (χ3v) is 3.12. The van der Waals surface area contributed by atoms with Gasteiger partial charge in [0.1, 0.15) is 5.75 Å². The lowest BCUT2D eigenvalue weighted by Gasteiger charge is -2.10. The quantitative estimate of drug-likeness (QED) is 0.773. The third kappa shape index (κ3) is 3.78. The Bertz CT molecular complexity index is 811. The van der Waals surface area contributed by atoms with Gasteiger partial charge in [-0.2, -0.15) is 0 Å². The Kier molecular flexibility index (Phi) is 4.56. The summed E-state index contributed by atoms with van der Waals surface area (Å²) in [6, 6.07) is 16.4. The van der Waals surface area contributed by atoms with Gasteiger partial charge >= 0.3 is 11.8 Å². The third-order valence-electron chi connectivity index (χ3n) is 3.12. The Morgan fingerprint density at radius 3 is 2.42 bits per heavy atom. The van der Waals surface area contributed by atoms with Crippen LogP contribution in [0.3, 0.4) is 0 Å². The van der Waals surface area contributed by atoms with Crippen LogP contribution in [0.15, 0.2) is 59.0 Å². The summed E-state index contributed by atoms with van der Waals surface area (Å²) in [5.74, 6) is 0.507. The van der Waals surface area contributed by atoms with E-state index < -0.39 is 5.91 Å². The van der Waals surface area contributed by atoms with Crippen molar-refractivity contribution < 1.29 is 13.9 Å². The zero-order valence-corrected chi connectivity index (χ0v) is 13.4. The van der Waals surface area contributed by atoms with Crippen LogP contribution in [0.25, 0.3) is 11.5 Å². The van der Waals surface area contributed by atoms with Crippen LogP contribution in [0.5, 0.6) is 5.75 Å². The van der Waals surface area contributed by atoms with Gasteiger partial charge in [0.05, 0.1) is 6.10 Å². The fourth-order valence-electron chi connectivity index (χ4n) is 2.09. The van der Waals surface area contributed by atoms with Crippen molar-refractivity contribution in [2.45, 2.75) is 20.0 Å². The lowest BCUT2D eigenvalue weighted by molar-refractivity contribution is 0.0991. The van der Waals surface area contributed by atoms with Crippen LogP contribution >= 0.6 is 0 Å². The van der Waals surface area contributed by atoms with E-state index in [1.165, 1.54) is 0 Å². The second kappa shape index (κ2) is 6.95. The van der Waals surface area contributed by atoms with E-state index in [-0.39, 0.29) is 12.0 Å². The summed E-state index contributed by atoms with van der Waals surface area (Å²) in [6.07, 6.45) is 0.0974. The van der Waals surface area contributed by atoms with E-state index >= 15 is 0 Å². The molecule has 3 aromatic rings. The highest BCUT2D eigenvalue weighted by atomic mass is 16.5. The molecule has 0 unspecified atom stereocenters. The molecule has 0 aliphatic heterocycles. The topological polar surface area (TPSA) is 77.2 Å². The van der Waals surface area contributed by atoms with E-state index in [0.29, 0.717) is 11.6 Å². The first-order valence-electron chi connectivity index (χ1n) is 7.59. The second-order valence-electron chi connectivity index (χ2n) is 5.42. The number of aromatic nitrogens is 2. The van der Waals surface area contributed by atoms with Gasteiger partial charge < -0.3 is 14.5 Å². The molecule has 1 N–H and O–H groups in total. The minimum atomic E-state index is -0.456. The van der Waals surface area contributed by atoms with E-state index in [1.807, 2.05) is 44.2 Å². The number of rotatable bonds is 5. The molecule has 6 heteroatoms. The SMILES string of the molecule is CC(C)Oc1ccc(NC(=O)c2nnc(-c3ccccc3)o2)cc1. The van der Waals surface area contributed by atoms with Crippen LogP contribution in [-0.4, -0.2) is 22.2 Å². The molecule has 0 fully saturated rings. The molecule has 3 rings (SSSR count). The molecular formula is C18H17N3O3. The van der Waals surface area contributed by atoms with Crippen molar-refractivity contribution in [3.63, 3.8) is 0 Å². The number of carbonyl (C=O) groups is 1. The molecule has 0 aliphatic rings. The van der Waals surface area contributed by atoms with Crippen molar-refractivity contribution in [3.05, 3.63) is 60.5 Å². The molecule has 6 nitrogen and oxygen atoms in total.